The maximum absolute atomic E-state index is 10.6. The van der Waals surface area contributed by atoms with Crippen molar-refractivity contribution in [3.05, 3.63) is 34.6 Å². The van der Waals surface area contributed by atoms with Gasteiger partial charge < -0.3 is 19.3 Å². The third kappa shape index (κ3) is 2.64. The molecule has 0 spiro atoms. The van der Waals surface area contributed by atoms with Crippen molar-refractivity contribution in [3.63, 3.8) is 0 Å². The minimum absolute atomic E-state index is 0.285. The number of aliphatic hydroxyl groups excluding tert-OH is 1. The van der Waals surface area contributed by atoms with Crippen molar-refractivity contribution in [1.29, 1.82) is 0 Å². The molecule has 0 amide bonds. The average molecular weight is 313 g/mol. The molecule has 0 saturated carbocycles. The van der Waals surface area contributed by atoms with E-state index in [1.807, 2.05) is 0 Å². The summed E-state index contributed by atoms with van der Waals surface area (Å²) in [4.78, 5) is 0. The Morgan fingerprint density at radius 3 is 2.38 bits per heavy atom. The summed E-state index contributed by atoms with van der Waals surface area (Å²) >= 11 is 6.32. The van der Waals surface area contributed by atoms with Gasteiger partial charge in [0.1, 0.15) is 11.8 Å². The van der Waals surface area contributed by atoms with Crippen molar-refractivity contribution in [1.82, 2.24) is 9.78 Å². The molecule has 1 unspecified atom stereocenters. The standard InChI is InChI=1S/C14H17ClN2O4/c1-17-12(10(20-3)7-16-17)13(18)8-5-6-9(19-2)14(21-4)11(8)15/h5-7,13,18H,1-4H3. The molecule has 1 atom stereocenters. The molecule has 6 nitrogen and oxygen atoms in total. The van der Waals surface area contributed by atoms with Crippen molar-refractivity contribution in [2.24, 2.45) is 7.05 Å². The predicted octanol–water partition coefficient (Wildman–Crippen LogP) is 2.18. The monoisotopic (exact) mass is 312 g/mol. The second-order valence-electron chi connectivity index (χ2n) is 4.33. The topological polar surface area (TPSA) is 65.7 Å². The highest BCUT2D eigenvalue weighted by Crippen LogP contribution is 2.42. The Morgan fingerprint density at radius 2 is 1.81 bits per heavy atom. The second-order valence-corrected chi connectivity index (χ2v) is 4.71. The van der Waals surface area contributed by atoms with Crippen LogP contribution in [-0.2, 0) is 7.05 Å². The van der Waals surface area contributed by atoms with E-state index in [1.165, 1.54) is 32.2 Å². The predicted molar refractivity (Wildman–Crippen MR) is 78.4 cm³/mol. The van der Waals surface area contributed by atoms with Crippen LogP contribution in [0.25, 0.3) is 0 Å². The molecular weight excluding hydrogens is 296 g/mol. The lowest BCUT2D eigenvalue weighted by atomic mass is 10.0. The molecule has 21 heavy (non-hydrogen) atoms. The fraction of sp³-hybridized carbons (Fsp3) is 0.357. The quantitative estimate of drug-likeness (QED) is 0.916. The van der Waals surface area contributed by atoms with Crippen molar-refractivity contribution in [2.75, 3.05) is 21.3 Å². The molecule has 0 aliphatic heterocycles. The molecule has 0 aliphatic carbocycles. The Balaban J connectivity index is 2.53. The molecule has 7 heteroatoms. The largest absolute Gasteiger partial charge is 0.493 e. The van der Waals surface area contributed by atoms with Crippen molar-refractivity contribution in [2.45, 2.75) is 6.10 Å². The van der Waals surface area contributed by atoms with Crippen LogP contribution in [0, 0.1) is 0 Å². The van der Waals surface area contributed by atoms with Gasteiger partial charge in [-0.25, -0.2) is 0 Å². The first-order valence-corrected chi connectivity index (χ1v) is 6.57. The fourth-order valence-electron chi connectivity index (χ4n) is 2.16. The van der Waals surface area contributed by atoms with Crippen LogP contribution >= 0.6 is 11.6 Å². The van der Waals surface area contributed by atoms with Crippen molar-refractivity contribution >= 4 is 11.6 Å². The van der Waals surface area contributed by atoms with Crippen LogP contribution < -0.4 is 14.2 Å². The van der Waals surface area contributed by atoms with Gasteiger partial charge in [0.15, 0.2) is 17.2 Å². The van der Waals surface area contributed by atoms with Crippen LogP contribution in [0.3, 0.4) is 0 Å². The van der Waals surface area contributed by atoms with E-state index in [-0.39, 0.29) is 5.02 Å². The maximum Gasteiger partial charge on any atom is 0.179 e. The second kappa shape index (κ2) is 6.24. The van der Waals surface area contributed by atoms with Gasteiger partial charge in [0.2, 0.25) is 0 Å². The Hall–Kier alpha value is -1.92. The van der Waals surface area contributed by atoms with E-state index >= 15 is 0 Å². The van der Waals surface area contributed by atoms with Gasteiger partial charge in [-0.2, -0.15) is 5.10 Å². The minimum atomic E-state index is -1.00. The summed E-state index contributed by atoms with van der Waals surface area (Å²) in [6, 6.07) is 3.37. The van der Waals surface area contributed by atoms with Crippen molar-refractivity contribution in [3.8, 4) is 17.2 Å². The lowest BCUT2D eigenvalue weighted by Crippen LogP contribution is -2.09. The molecular formula is C14H17ClN2O4. The first-order chi connectivity index (χ1) is 10.0. The summed E-state index contributed by atoms with van der Waals surface area (Å²) in [6.45, 7) is 0. The van der Waals surface area contributed by atoms with Gasteiger partial charge in [0.25, 0.3) is 0 Å². The highest BCUT2D eigenvalue weighted by atomic mass is 35.5. The Bertz CT molecular complexity index is 642. The molecule has 0 bridgehead atoms. The van der Waals surface area contributed by atoms with Crippen LogP contribution in [0.5, 0.6) is 17.2 Å². The van der Waals surface area contributed by atoms with Gasteiger partial charge in [0.05, 0.1) is 32.5 Å². The molecule has 0 saturated heterocycles. The van der Waals surface area contributed by atoms with E-state index in [1.54, 1.807) is 19.2 Å². The third-order valence-corrected chi connectivity index (χ3v) is 3.63. The number of hydrogen-bond donors (Lipinski definition) is 1. The molecule has 114 valence electrons. The van der Waals surface area contributed by atoms with E-state index in [9.17, 15) is 5.11 Å². The number of hydrogen-bond acceptors (Lipinski definition) is 5. The van der Waals surface area contributed by atoms with Gasteiger partial charge in [0, 0.05) is 12.6 Å². The summed E-state index contributed by atoms with van der Waals surface area (Å²) in [7, 11) is 6.25. The summed E-state index contributed by atoms with van der Waals surface area (Å²) in [5.74, 6) is 1.35. The molecule has 1 N–H and O–H groups in total. The van der Waals surface area contributed by atoms with E-state index in [0.29, 0.717) is 28.5 Å². The van der Waals surface area contributed by atoms with Crippen LogP contribution in [0.15, 0.2) is 18.3 Å². The van der Waals surface area contributed by atoms with Gasteiger partial charge >= 0.3 is 0 Å². The number of rotatable bonds is 5. The molecule has 2 rings (SSSR count). The molecule has 2 aromatic rings. The van der Waals surface area contributed by atoms with E-state index in [4.69, 9.17) is 25.8 Å². The number of nitrogens with zero attached hydrogens (tertiary/aromatic N) is 2. The van der Waals surface area contributed by atoms with E-state index in [2.05, 4.69) is 5.10 Å². The number of aryl methyl sites for hydroxylation is 1. The molecule has 1 aromatic heterocycles. The lowest BCUT2D eigenvalue weighted by molar-refractivity contribution is 0.203. The van der Waals surface area contributed by atoms with E-state index < -0.39 is 6.10 Å². The first kappa shape index (κ1) is 15.5. The number of methoxy groups -OCH3 is 3. The van der Waals surface area contributed by atoms with Gasteiger partial charge in [-0.05, 0) is 6.07 Å². The number of ether oxygens (including phenoxy) is 3. The molecule has 0 radical (unpaired) electrons. The molecule has 0 fully saturated rings. The fourth-order valence-corrected chi connectivity index (χ4v) is 2.50. The maximum atomic E-state index is 10.6. The molecule has 1 aromatic carbocycles. The normalized spacial score (nSPS) is 12.1. The highest BCUT2D eigenvalue weighted by Gasteiger charge is 2.25. The average Bonchev–Trinajstić information content (AvgIpc) is 2.86. The number of halogens is 1. The highest BCUT2D eigenvalue weighted by molar-refractivity contribution is 6.33. The molecule has 0 aliphatic rings. The first-order valence-electron chi connectivity index (χ1n) is 6.19. The van der Waals surface area contributed by atoms with Crippen LogP contribution in [0.2, 0.25) is 5.02 Å². The molecule has 1 heterocycles. The van der Waals surface area contributed by atoms with E-state index in [0.717, 1.165) is 0 Å². The Morgan fingerprint density at radius 1 is 1.14 bits per heavy atom. The summed E-state index contributed by atoms with van der Waals surface area (Å²) < 4.78 is 17.2. The third-order valence-electron chi connectivity index (χ3n) is 3.24. The Kier molecular flexibility index (Phi) is 4.59. The number of aliphatic hydroxyl groups is 1. The summed E-state index contributed by atoms with van der Waals surface area (Å²) in [6.07, 6.45) is 0.535. The van der Waals surface area contributed by atoms with Gasteiger partial charge in [-0.3, -0.25) is 4.68 Å². The smallest absolute Gasteiger partial charge is 0.179 e. The number of benzene rings is 1. The van der Waals surface area contributed by atoms with Gasteiger partial charge in [-0.1, -0.05) is 17.7 Å². The van der Waals surface area contributed by atoms with Crippen LogP contribution in [-0.4, -0.2) is 36.2 Å². The Labute approximate surface area is 127 Å². The van der Waals surface area contributed by atoms with Crippen LogP contribution in [0.4, 0.5) is 0 Å². The van der Waals surface area contributed by atoms with Crippen molar-refractivity contribution < 1.29 is 19.3 Å². The SMILES string of the molecule is COc1ccc(C(O)c2c(OC)cnn2C)c(Cl)c1OC. The van der Waals surface area contributed by atoms with Gasteiger partial charge in [-0.15, -0.1) is 0 Å². The summed E-state index contributed by atoms with van der Waals surface area (Å²) in [5, 5.41) is 15.0. The minimum Gasteiger partial charge on any atom is -0.493 e. The zero-order valence-corrected chi connectivity index (χ0v) is 13.0. The number of aromatic nitrogens is 2. The summed E-state index contributed by atoms with van der Waals surface area (Å²) in [5.41, 5.74) is 0.989. The zero-order valence-electron chi connectivity index (χ0n) is 12.3. The lowest BCUT2D eigenvalue weighted by Gasteiger charge is -2.17. The zero-order chi connectivity index (χ0) is 15.6. The van der Waals surface area contributed by atoms with Crippen LogP contribution in [0.1, 0.15) is 17.4 Å².